The fourth-order valence-corrected chi connectivity index (χ4v) is 21.1. The highest BCUT2D eigenvalue weighted by molar-refractivity contribution is 8.00. The number of benzene rings is 16. The minimum atomic E-state index is -0.746. The van der Waals surface area contributed by atoms with Crippen molar-refractivity contribution in [2.45, 2.75) is 53.0 Å². The summed E-state index contributed by atoms with van der Waals surface area (Å²) in [6, 6.07) is 128. The van der Waals surface area contributed by atoms with Crippen LogP contribution < -0.4 is 19.6 Å². The minimum absolute atomic E-state index is 0.0584. The van der Waals surface area contributed by atoms with Crippen molar-refractivity contribution in [1.29, 1.82) is 0 Å². The zero-order valence-electron chi connectivity index (χ0n) is 73.5. The maximum absolute atomic E-state index is 14.7. The number of ether oxygens (including phenoxy) is 2. The van der Waals surface area contributed by atoms with Gasteiger partial charge in [-0.2, -0.15) is 0 Å². The van der Waals surface area contributed by atoms with E-state index in [-0.39, 0.29) is 18.8 Å². The van der Waals surface area contributed by atoms with Gasteiger partial charge in [-0.1, -0.05) is 48.5 Å². The standard InChI is InChI=1S/C112H92N6O4S8/c1-11-121-111(119)110(112(120)122-12-2)109-103-65-73(71-13-19-83(20-14-71)117-105-61-39-85(113(75-23-43-89(123-3)44-24-75)76-25-45-90(124-4)46-26-76)67-99(105)100-68-86(40-62-106(100)117)114(77-27-47-91(125-5)48-28-77)78-29-49-92(126-6)50-30-78)17-59-97(103)98-60-18-74(66-104(98)109)72-15-21-84(22-16-72)118-107-63-41-87(115(79-31-51-93(127-7)52-32-79)80-33-53-94(128-8)54-34-80)69-101(107)102-70-88(42-64-108(102)118)116(81-35-55-95(129-9)56-36-81)82-37-57-96(130-10)58-38-82/h13-70H,11-12H2,1-10H3. The van der Waals surface area contributed by atoms with Crippen LogP contribution in [0.5, 0.6) is 0 Å². The Morgan fingerprint density at radius 2 is 0.431 bits per heavy atom. The Bertz CT molecular complexity index is 6360. The van der Waals surface area contributed by atoms with Crippen molar-refractivity contribution in [3.05, 3.63) is 369 Å². The second kappa shape index (κ2) is 38.5. The molecule has 0 unspecified atom stereocenters. The molecule has 19 rings (SSSR count). The molecule has 0 saturated carbocycles. The molecule has 130 heavy (non-hydrogen) atoms. The second-order valence-electron chi connectivity index (χ2n) is 31.2. The van der Waals surface area contributed by atoms with E-state index in [1.807, 2.05) is 0 Å². The first-order chi connectivity index (χ1) is 63.8. The second-order valence-corrected chi connectivity index (χ2v) is 38.2. The zero-order chi connectivity index (χ0) is 89.2. The van der Waals surface area contributed by atoms with Gasteiger partial charge in [0.1, 0.15) is 0 Å². The minimum Gasteiger partial charge on any atom is -0.462 e. The zero-order valence-corrected chi connectivity index (χ0v) is 80.0. The van der Waals surface area contributed by atoms with Gasteiger partial charge in [-0.05, 0) is 412 Å². The lowest BCUT2D eigenvalue weighted by Crippen LogP contribution is -2.20. The van der Waals surface area contributed by atoms with Crippen LogP contribution in [-0.2, 0) is 19.1 Å². The highest BCUT2D eigenvalue weighted by atomic mass is 32.2. The van der Waals surface area contributed by atoms with Crippen molar-refractivity contribution in [2.24, 2.45) is 0 Å². The fraction of sp³-hybridized carbons (Fsp3) is 0.107. The molecule has 0 saturated heterocycles. The third-order valence-corrected chi connectivity index (χ3v) is 30.1. The van der Waals surface area contributed by atoms with E-state index in [9.17, 15) is 9.59 Å². The summed E-state index contributed by atoms with van der Waals surface area (Å²) in [5.74, 6) is -1.49. The number of rotatable bonds is 28. The summed E-state index contributed by atoms with van der Waals surface area (Å²) in [6.45, 7) is 3.63. The molecular formula is C112H92N6O4S8. The summed E-state index contributed by atoms with van der Waals surface area (Å²) in [5, 5.41) is 4.37. The van der Waals surface area contributed by atoms with Gasteiger partial charge in [0, 0.05) is 146 Å². The topological polar surface area (TPSA) is 75.4 Å². The highest BCUT2D eigenvalue weighted by Gasteiger charge is 2.35. The van der Waals surface area contributed by atoms with Crippen LogP contribution in [0.15, 0.2) is 397 Å². The third-order valence-electron chi connectivity index (χ3n) is 24.1. The van der Waals surface area contributed by atoms with E-state index in [2.05, 4.69) is 431 Å². The first-order valence-electron chi connectivity index (χ1n) is 42.9. The van der Waals surface area contributed by atoms with Gasteiger partial charge < -0.3 is 38.2 Å². The van der Waals surface area contributed by atoms with E-state index >= 15 is 0 Å². The molecule has 0 aliphatic heterocycles. The molecule has 0 spiro atoms. The van der Waals surface area contributed by atoms with Gasteiger partial charge in [0.25, 0.3) is 0 Å². The summed E-state index contributed by atoms with van der Waals surface area (Å²) in [6.07, 6.45) is 16.9. The van der Waals surface area contributed by atoms with E-state index in [1.165, 1.54) is 39.2 Å². The van der Waals surface area contributed by atoms with Crippen molar-refractivity contribution in [3.63, 3.8) is 0 Å². The largest absolute Gasteiger partial charge is 0.462 e. The van der Waals surface area contributed by atoms with Gasteiger partial charge in [-0.15, -0.1) is 94.1 Å². The predicted molar refractivity (Wildman–Crippen MR) is 564 cm³/mol. The molecule has 18 heteroatoms. The Hall–Kier alpha value is -12.2. The average molecular weight is 1840 g/mol. The first-order valence-corrected chi connectivity index (χ1v) is 52.7. The molecule has 642 valence electrons. The van der Waals surface area contributed by atoms with E-state index < -0.39 is 11.9 Å². The van der Waals surface area contributed by atoms with Gasteiger partial charge in [0.2, 0.25) is 0 Å². The molecule has 0 bridgehead atoms. The Kier molecular flexibility index (Phi) is 25.8. The Morgan fingerprint density at radius 1 is 0.231 bits per heavy atom. The van der Waals surface area contributed by atoms with Crippen molar-refractivity contribution < 1.29 is 19.1 Å². The number of anilines is 12. The van der Waals surface area contributed by atoms with Gasteiger partial charge in [-0.25, -0.2) is 9.59 Å². The first kappa shape index (κ1) is 87.1. The van der Waals surface area contributed by atoms with E-state index in [0.717, 1.165) is 168 Å². The summed E-state index contributed by atoms with van der Waals surface area (Å²) in [5.41, 5.74) is 26.0. The predicted octanol–water partition coefficient (Wildman–Crippen LogP) is 32.8. The molecule has 16 aromatic carbocycles. The van der Waals surface area contributed by atoms with E-state index in [4.69, 9.17) is 9.47 Å². The molecule has 2 heterocycles. The Labute approximate surface area is 793 Å². The monoisotopic (exact) mass is 1840 g/mol. The van der Waals surface area contributed by atoms with Gasteiger partial charge in [0.05, 0.1) is 35.3 Å². The van der Waals surface area contributed by atoms with Crippen molar-refractivity contribution in [3.8, 4) is 44.8 Å². The molecule has 1 aliphatic rings. The van der Waals surface area contributed by atoms with Crippen molar-refractivity contribution in [2.75, 3.05) is 82.9 Å². The van der Waals surface area contributed by atoms with Crippen LogP contribution in [0.25, 0.3) is 93.9 Å². The van der Waals surface area contributed by atoms with Crippen LogP contribution in [0.3, 0.4) is 0 Å². The van der Waals surface area contributed by atoms with Crippen LogP contribution in [0.2, 0.25) is 0 Å². The number of nitrogens with zero attached hydrogens (tertiary/aromatic N) is 6. The number of fused-ring (bicyclic) bond motifs is 9. The van der Waals surface area contributed by atoms with Gasteiger partial charge >= 0.3 is 11.9 Å². The van der Waals surface area contributed by atoms with E-state index in [1.54, 1.807) is 108 Å². The van der Waals surface area contributed by atoms with E-state index in [0.29, 0.717) is 5.57 Å². The molecule has 0 radical (unpaired) electrons. The molecular weight excluding hydrogens is 1750 g/mol. The molecule has 0 fully saturated rings. The molecule has 18 aromatic rings. The number of carbonyl (C=O) groups excluding carboxylic acids is 2. The van der Waals surface area contributed by atoms with Gasteiger partial charge in [-0.3, -0.25) is 0 Å². The maximum atomic E-state index is 14.7. The van der Waals surface area contributed by atoms with Crippen molar-refractivity contribution >= 4 is 223 Å². The normalized spacial score (nSPS) is 11.7. The van der Waals surface area contributed by atoms with Crippen LogP contribution >= 0.6 is 94.1 Å². The number of hydrogen-bond donors (Lipinski definition) is 0. The van der Waals surface area contributed by atoms with Crippen LogP contribution in [-0.4, -0.2) is 84.3 Å². The van der Waals surface area contributed by atoms with Crippen LogP contribution in [0.1, 0.15) is 25.0 Å². The third kappa shape index (κ3) is 17.0. The lowest BCUT2D eigenvalue weighted by Gasteiger charge is -2.26. The smallest absolute Gasteiger partial charge is 0.346 e. The SMILES string of the molecule is CCOC(=O)C(C(=O)OCC)=C1c2cc(-c3ccc(-n4c5ccc(N(c6ccc(SC)cc6)c6ccc(SC)cc6)cc5c5cc(N(c6ccc(SC)cc6)c6ccc(SC)cc6)ccc54)cc3)ccc2-c2ccc(-c3ccc(-n4c5ccc(N(c6ccc(SC)cc6)c6ccc(SC)cc6)cc5c5cc(N(c6ccc(SC)cc6)c6ccc(SC)cc6)ccc54)cc3)cc21. The van der Waals surface area contributed by atoms with Crippen LogP contribution in [0, 0.1) is 0 Å². The molecule has 2 aromatic heterocycles. The number of esters is 2. The number of carbonyl (C=O) groups is 2. The molecule has 0 amide bonds. The summed E-state index contributed by atoms with van der Waals surface area (Å²) < 4.78 is 16.4. The number of thioether (sulfide) groups is 8. The Balaban J connectivity index is 0.710. The lowest BCUT2D eigenvalue weighted by atomic mass is 9.93. The van der Waals surface area contributed by atoms with Crippen LogP contribution in [0.4, 0.5) is 68.2 Å². The fourth-order valence-electron chi connectivity index (χ4n) is 17.8. The summed E-state index contributed by atoms with van der Waals surface area (Å²) in [4.78, 5) is 48.5. The van der Waals surface area contributed by atoms with Gasteiger partial charge in [0.15, 0.2) is 5.57 Å². The molecule has 10 nitrogen and oxygen atoms in total. The summed E-state index contributed by atoms with van der Waals surface area (Å²) in [7, 11) is 0. The number of hydrogen-bond acceptors (Lipinski definition) is 16. The average Bonchev–Trinajstić information content (AvgIpc) is 1.57. The molecule has 0 atom stereocenters. The summed E-state index contributed by atoms with van der Waals surface area (Å²) >= 11 is 13.9. The van der Waals surface area contributed by atoms with Crippen molar-refractivity contribution in [1.82, 2.24) is 9.13 Å². The maximum Gasteiger partial charge on any atom is 0.346 e. The lowest BCUT2D eigenvalue weighted by molar-refractivity contribution is -0.146. The highest BCUT2D eigenvalue weighted by Crippen LogP contribution is 2.52. The molecule has 1 aliphatic carbocycles. The number of aromatic nitrogens is 2. The molecule has 0 N–H and O–H groups in total. The quantitative estimate of drug-likeness (QED) is 0.0153. The Morgan fingerprint density at radius 3 is 0.631 bits per heavy atom.